The normalized spacial score (nSPS) is 10.7. The van der Waals surface area contributed by atoms with Crippen molar-refractivity contribution in [1.82, 2.24) is 4.98 Å². The van der Waals surface area contributed by atoms with Gasteiger partial charge in [0.1, 0.15) is 5.75 Å². The van der Waals surface area contributed by atoms with Crippen LogP contribution in [0, 0.1) is 5.92 Å². The zero-order valence-corrected chi connectivity index (χ0v) is 9.57. The van der Waals surface area contributed by atoms with E-state index in [0.717, 1.165) is 30.4 Å². The van der Waals surface area contributed by atoms with E-state index in [1.807, 2.05) is 12.1 Å². The van der Waals surface area contributed by atoms with Gasteiger partial charge >= 0.3 is 0 Å². The number of pyridine rings is 1. The summed E-state index contributed by atoms with van der Waals surface area (Å²) in [7, 11) is 0. The van der Waals surface area contributed by atoms with E-state index in [0.29, 0.717) is 6.54 Å². The molecular weight excluding hydrogens is 188 g/mol. The zero-order chi connectivity index (χ0) is 11.1. The Morgan fingerprint density at radius 3 is 2.93 bits per heavy atom. The minimum absolute atomic E-state index is 0.431. The molecule has 15 heavy (non-hydrogen) atoms. The van der Waals surface area contributed by atoms with Crippen molar-refractivity contribution in [3.05, 3.63) is 24.0 Å². The third-order valence-electron chi connectivity index (χ3n) is 2.23. The van der Waals surface area contributed by atoms with E-state index >= 15 is 0 Å². The van der Waals surface area contributed by atoms with Crippen molar-refractivity contribution in [2.24, 2.45) is 11.7 Å². The molecule has 0 fully saturated rings. The number of nitrogens with two attached hydrogens (primary N) is 1. The van der Waals surface area contributed by atoms with Crippen LogP contribution in [0.4, 0.5) is 0 Å². The van der Waals surface area contributed by atoms with Crippen molar-refractivity contribution in [2.45, 2.75) is 33.2 Å². The second-order valence-corrected chi connectivity index (χ2v) is 4.04. The highest BCUT2D eigenvalue weighted by Crippen LogP contribution is 2.15. The van der Waals surface area contributed by atoms with E-state index in [1.165, 1.54) is 6.42 Å². The molecule has 0 atom stereocenters. The van der Waals surface area contributed by atoms with Crippen molar-refractivity contribution < 1.29 is 4.74 Å². The summed E-state index contributed by atoms with van der Waals surface area (Å²) in [6.07, 6.45) is 4.01. The second kappa shape index (κ2) is 6.40. The lowest BCUT2D eigenvalue weighted by Crippen LogP contribution is -2.06. The Bertz CT molecular complexity index is 287. The van der Waals surface area contributed by atoms with Gasteiger partial charge in [-0.05, 0) is 30.9 Å². The molecular formula is C12H20N2O. The molecule has 3 heteroatoms. The van der Waals surface area contributed by atoms with Crippen molar-refractivity contribution in [3.8, 4) is 5.75 Å². The van der Waals surface area contributed by atoms with Crippen LogP contribution >= 0.6 is 0 Å². The van der Waals surface area contributed by atoms with E-state index in [9.17, 15) is 0 Å². The first-order valence-corrected chi connectivity index (χ1v) is 5.50. The van der Waals surface area contributed by atoms with E-state index in [1.54, 1.807) is 6.20 Å². The van der Waals surface area contributed by atoms with Crippen molar-refractivity contribution in [3.63, 3.8) is 0 Å². The summed E-state index contributed by atoms with van der Waals surface area (Å²) in [5.41, 5.74) is 6.40. The molecule has 0 unspecified atom stereocenters. The van der Waals surface area contributed by atoms with Crippen LogP contribution in [0.15, 0.2) is 18.3 Å². The second-order valence-electron chi connectivity index (χ2n) is 4.04. The van der Waals surface area contributed by atoms with Crippen LogP contribution in [0.25, 0.3) is 0 Å². The largest absolute Gasteiger partial charge is 0.492 e. The first kappa shape index (κ1) is 12.0. The van der Waals surface area contributed by atoms with Gasteiger partial charge in [0.2, 0.25) is 0 Å². The maximum Gasteiger partial charge on any atom is 0.142 e. The summed E-state index contributed by atoms with van der Waals surface area (Å²) in [6, 6.07) is 3.79. The van der Waals surface area contributed by atoms with Crippen molar-refractivity contribution >= 4 is 0 Å². The van der Waals surface area contributed by atoms with Crippen molar-refractivity contribution in [2.75, 3.05) is 6.61 Å². The van der Waals surface area contributed by atoms with Gasteiger partial charge in [0.15, 0.2) is 0 Å². The predicted octanol–water partition coefficient (Wildman–Crippen LogP) is 2.36. The highest BCUT2D eigenvalue weighted by Gasteiger charge is 2.02. The number of hydrogen-bond acceptors (Lipinski definition) is 3. The highest BCUT2D eigenvalue weighted by atomic mass is 16.5. The lowest BCUT2D eigenvalue weighted by Gasteiger charge is -2.09. The molecule has 0 amide bonds. The zero-order valence-electron chi connectivity index (χ0n) is 9.57. The molecule has 0 aromatic carbocycles. The molecule has 0 radical (unpaired) electrons. The fourth-order valence-corrected chi connectivity index (χ4v) is 1.38. The van der Waals surface area contributed by atoms with Crippen molar-refractivity contribution in [1.29, 1.82) is 0 Å². The van der Waals surface area contributed by atoms with Gasteiger partial charge in [0, 0.05) is 12.7 Å². The van der Waals surface area contributed by atoms with Gasteiger partial charge in [-0.2, -0.15) is 0 Å². The number of nitrogens with zero attached hydrogens (tertiary/aromatic N) is 1. The van der Waals surface area contributed by atoms with Crippen LogP contribution in [-0.2, 0) is 6.54 Å². The van der Waals surface area contributed by atoms with Crippen LogP contribution in [0.3, 0.4) is 0 Å². The summed E-state index contributed by atoms with van der Waals surface area (Å²) < 4.78 is 5.64. The van der Waals surface area contributed by atoms with Crippen LogP contribution < -0.4 is 10.5 Å². The smallest absolute Gasteiger partial charge is 0.142 e. The summed E-state index contributed by atoms with van der Waals surface area (Å²) in [4.78, 5) is 4.16. The van der Waals surface area contributed by atoms with Gasteiger partial charge in [-0.15, -0.1) is 0 Å². The van der Waals surface area contributed by atoms with E-state index in [-0.39, 0.29) is 0 Å². The van der Waals surface area contributed by atoms with Gasteiger partial charge in [-0.3, -0.25) is 4.98 Å². The Labute approximate surface area is 91.7 Å². The standard InChI is InChI=1S/C12H20N2O/c1-10(2)5-4-8-15-12-6-3-7-14-11(12)9-13/h3,6-7,10H,4-5,8-9,13H2,1-2H3. The molecule has 1 aromatic heterocycles. The minimum Gasteiger partial charge on any atom is -0.492 e. The Balaban J connectivity index is 2.36. The third-order valence-corrected chi connectivity index (χ3v) is 2.23. The van der Waals surface area contributed by atoms with Crippen LogP contribution in [-0.4, -0.2) is 11.6 Å². The molecule has 84 valence electrons. The van der Waals surface area contributed by atoms with Gasteiger partial charge in [-0.25, -0.2) is 0 Å². The summed E-state index contributed by atoms with van der Waals surface area (Å²) >= 11 is 0. The van der Waals surface area contributed by atoms with Crippen LogP contribution in [0.5, 0.6) is 5.75 Å². The molecule has 0 saturated carbocycles. The molecule has 0 aliphatic heterocycles. The molecule has 0 bridgehead atoms. The van der Waals surface area contributed by atoms with Gasteiger partial charge < -0.3 is 10.5 Å². The van der Waals surface area contributed by atoms with E-state index < -0.39 is 0 Å². The number of ether oxygens (including phenoxy) is 1. The van der Waals surface area contributed by atoms with Gasteiger partial charge in [0.05, 0.1) is 12.3 Å². The van der Waals surface area contributed by atoms with Crippen LogP contribution in [0.2, 0.25) is 0 Å². The Morgan fingerprint density at radius 1 is 1.47 bits per heavy atom. The summed E-state index contributed by atoms with van der Waals surface area (Å²) in [6.45, 7) is 5.61. The molecule has 0 aliphatic carbocycles. The molecule has 1 heterocycles. The maximum atomic E-state index is 5.64. The molecule has 3 nitrogen and oxygen atoms in total. The molecule has 1 aromatic rings. The Kier molecular flexibility index (Phi) is 5.12. The van der Waals surface area contributed by atoms with Gasteiger partial charge in [-0.1, -0.05) is 13.8 Å². The number of aromatic nitrogens is 1. The number of rotatable bonds is 6. The summed E-state index contributed by atoms with van der Waals surface area (Å²) in [5, 5.41) is 0. The fraction of sp³-hybridized carbons (Fsp3) is 0.583. The van der Waals surface area contributed by atoms with E-state index in [2.05, 4.69) is 18.8 Å². The minimum atomic E-state index is 0.431. The van der Waals surface area contributed by atoms with E-state index in [4.69, 9.17) is 10.5 Å². The Hall–Kier alpha value is -1.09. The summed E-state index contributed by atoms with van der Waals surface area (Å²) in [5.74, 6) is 1.56. The monoisotopic (exact) mass is 208 g/mol. The molecule has 0 aliphatic rings. The average Bonchev–Trinajstić information content (AvgIpc) is 2.24. The first-order valence-electron chi connectivity index (χ1n) is 5.50. The topological polar surface area (TPSA) is 48.1 Å². The third kappa shape index (κ3) is 4.30. The van der Waals surface area contributed by atoms with Gasteiger partial charge in [0.25, 0.3) is 0 Å². The lowest BCUT2D eigenvalue weighted by atomic mass is 10.1. The molecule has 2 N–H and O–H groups in total. The lowest BCUT2D eigenvalue weighted by molar-refractivity contribution is 0.293. The molecule has 1 rings (SSSR count). The Morgan fingerprint density at radius 2 is 2.27 bits per heavy atom. The van der Waals surface area contributed by atoms with Crippen LogP contribution in [0.1, 0.15) is 32.4 Å². The number of hydrogen-bond donors (Lipinski definition) is 1. The quantitative estimate of drug-likeness (QED) is 0.730. The maximum absolute atomic E-state index is 5.64. The molecule has 0 saturated heterocycles. The SMILES string of the molecule is CC(C)CCCOc1cccnc1CN. The highest BCUT2D eigenvalue weighted by molar-refractivity contribution is 5.26. The molecule has 0 spiro atoms. The average molecular weight is 208 g/mol. The predicted molar refractivity (Wildman–Crippen MR) is 61.7 cm³/mol. The fourth-order valence-electron chi connectivity index (χ4n) is 1.38. The first-order chi connectivity index (χ1) is 7.24.